The fraction of sp³-hybridized carbons (Fsp3) is 0.750. The molecule has 1 rings (SSSR count). The van der Waals surface area contributed by atoms with E-state index in [0.717, 1.165) is 25.0 Å². The van der Waals surface area contributed by atoms with Crippen molar-refractivity contribution < 1.29 is 18.4 Å². The lowest BCUT2D eigenvalue weighted by atomic mass is 10.2. The van der Waals surface area contributed by atoms with E-state index in [2.05, 4.69) is 11.9 Å². The van der Waals surface area contributed by atoms with Gasteiger partial charge in [-0.1, -0.05) is 20.3 Å². The summed E-state index contributed by atoms with van der Waals surface area (Å²) < 4.78 is 22.3. The van der Waals surface area contributed by atoms with Gasteiger partial charge in [0.1, 0.15) is 11.9 Å². The van der Waals surface area contributed by atoms with Crippen LogP contribution in [0, 0.1) is 0 Å². The number of aryl methyl sites for hydroxylation is 1. The van der Waals surface area contributed by atoms with Crippen LogP contribution in [0.5, 0.6) is 0 Å². The van der Waals surface area contributed by atoms with E-state index < -0.39 is 7.60 Å². The summed E-state index contributed by atoms with van der Waals surface area (Å²) in [6.45, 7) is 5.77. The molecule has 2 unspecified atom stereocenters. The Morgan fingerprint density at radius 2 is 2.28 bits per heavy atom. The molecule has 0 radical (unpaired) electrons. The molecule has 0 bridgehead atoms. The maximum Gasteiger partial charge on any atom is 0.337 e. The monoisotopic (exact) mass is 275 g/mol. The molecule has 0 amide bonds. The van der Waals surface area contributed by atoms with Crippen LogP contribution in [0.2, 0.25) is 0 Å². The largest absolute Gasteiger partial charge is 0.445 e. The van der Waals surface area contributed by atoms with Crippen LogP contribution < -0.4 is 0 Å². The highest BCUT2D eigenvalue weighted by Crippen LogP contribution is 2.47. The third kappa shape index (κ3) is 5.34. The van der Waals surface area contributed by atoms with Gasteiger partial charge in [0.25, 0.3) is 0 Å². The summed E-state index contributed by atoms with van der Waals surface area (Å²) in [5.74, 6) is 1.03. The number of nitrogens with zero attached hydrogens (tertiary/aromatic N) is 1. The summed E-state index contributed by atoms with van der Waals surface area (Å²) in [7, 11) is -3.66. The second-order valence-corrected chi connectivity index (χ2v) is 6.25. The number of hydrogen-bond acceptors (Lipinski definition) is 4. The second-order valence-electron chi connectivity index (χ2n) is 4.44. The Hall–Kier alpha value is -0.640. The van der Waals surface area contributed by atoms with Crippen LogP contribution in [-0.4, -0.2) is 16.0 Å². The van der Waals surface area contributed by atoms with Crippen molar-refractivity contribution in [1.82, 2.24) is 4.98 Å². The Morgan fingerprint density at radius 3 is 2.89 bits per heavy atom. The molecule has 1 heterocycles. The first-order valence-electron chi connectivity index (χ1n) is 6.40. The van der Waals surface area contributed by atoms with Crippen LogP contribution in [0.1, 0.15) is 51.7 Å². The average molecular weight is 275 g/mol. The van der Waals surface area contributed by atoms with E-state index in [1.54, 1.807) is 13.1 Å². The molecular weight excluding hydrogens is 253 g/mol. The van der Waals surface area contributed by atoms with Crippen molar-refractivity contribution in [3.8, 4) is 0 Å². The van der Waals surface area contributed by atoms with Crippen molar-refractivity contribution in [3.63, 3.8) is 0 Å². The highest BCUT2D eigenvalue weighted by Gasteiger charge is 2.25. The summed E-state index contributed by atoms with van der Waals surface area (Å²) in [4.78, 5) is 13.7. The minimum atomic E-state index is -3.66. The van der Waals surface area contributed by atoms with Gasteiger partial charge in [0.05, 0.1) is 12.3 Å². The van der Waals surface area contributed by atoms with Crippen molar-refractivity contribution in [2.75, 3.05) is 0 Å². The zero-order chi connectivity index (χ0) is 13.6. The lowest BCUT2D eigenvalue weighted by Crippen LogP contribution is -2.05. The molecule has 5 nitrogen and oxygen atoms in total. The number of hydrogen-bond donors (Lipinski definition) is 1. The topological polar surface area (TPSA) is 72.6 Å². The molecule has 1 N–H and O–H groups in total. The summed E-state index contributed by atoms with van der Waals surface area (Å²) in [5, 5.41) is 0. The van der Waals surface area contributed by atoms with Crippen molar-refractivity contribution in [1.29, 1.82) is 0 Å². The fourth-order valence-corrected chi connectivity index (χ4v) is 2.73. The smallest absolute Gasteiger partial charge is 0.337 e. The van der Waals surface area contributed by atoms with E-state index in [0.29, 0.717) is 6.42 Å². The van der Waals surface area contributed by atoms with Gasteiger partial charge in [0.2, 0.25) is 5.89 Å². The third-order valence-corrected chi connectivity index (χ3v) is 3.99. The molecule has 0 aliphatic heterocycles. The van der Waals surface area contributed by atoms with Gasteiger partial charge in [-0.05, 0) is 19.8 Å². The van der Waals surface area contributed by atoms with E-state index in [1.165, 1.54) is 0 Å². The van der Waals surface area contributed by atoms with Crippen LogP contribution >= 0.6 is 7.60 Å². The third-order valence-electron chi connectivity index (χ3n) is 2.63. The molecule has 0 saturated heterocycles. The maximum absolute atomic E-state index is 11.8. The molecule has 1 aromatic heterocycles. The van der Waals surface area contributed by atoms with E-state index in [4.69, 9.17) is 8.94 Å². The minimum absolute atomic E-state index is 0.163. The maximum atomic E-state index is 11.8. The van der Waals surface area contributed by atoms with Gasteiger partial charge >= 0.3 is 7.60 Å². The van der Waals surface area contributed by atoms with Crippen LogP contribution in [0.15, 0.2) is 10.6 Å². The highest BCUT2D eigenvalue weighted by molar-refractivity contribution is 7.51. The first-order chi connectivity index (χ1) is 8.46. The molecule has 0 aliphatic rings. The lowest BCUT2D eigenvalue weighted by Gasteiger charge is -2.15. The molecule has 2 atom stereocenters. The standard InChI is InChI=1S/C12H22NO4P/c1-4-6-7-11-8-13-12(16-11)9-18(14,15)17-10(3)5-2/h8,10H,4-7,9H2,1-3H3,(H,14,15). The van der Waals surface area contributed by atoms with Crippen molar-refractivity contribution in [2.24, 2.45) is 0 Å². The van der Waals surface area contributed by atoms with E-state index >= 15 is 0 Å². The predicted molar refractivity (Wildman–Crippen MR) is 69.5 cm³/mol. The van der Waals surface area contributed by atoms with Crippen molar-refractivity contribution in [3.05, 3.63) is 17.8 Å². The SMILES string of the molecule is CCCCc1cnc(CP(=O)(O)OC(C)CC)o1. The Morgan fingerprint density at radius 1 is 1.56 bits per heavy atom. The zero-order valence-corrected chi connectivity index (χ0v) is 12.2. The molecule has 6 heteroatoms. The predicted octanol–water partition coefficient (Wildman–Crippen LogP) is 3.52. The molecule has 0 aromatic carbocycles. The Balaban J connectivity index is 2.55. The van der Waals surface area contributed by atoms with E-state index in [1.807, 2.05) is 6.92 Å². The second kappa shape index (κ2) is 7.07. The van der Waals surface area contributed by atoms with Gasteiger partial charge in [-0.3, -0.25) is 4.57 Å². The van der Waals surface area contributed by atoms with E-state index in [9.17, 15) is 9.46 Å². The number of oxazole rings is 1. The normalized spacial score (nSPS) is 16.4. The summed E-state index contributed by atoms with van der Waals surface area (Å²) in [6, 6.07) is 0. The van der Waals surface area contributed by atoms with Crippen LogP contribution in [-0.2, 0) is 21.7 Å². The van der Waals surface area contributed by atoms with E-state index in [-0.39, 0.29) is 18.2 Å². The molecule has 0 aliphatic carbocycles. The molecule has 104 valence electrons. The van der Waals surface area contributed by atoms with Gasteiger partial charge < -0.3 is 13.8 Å². The summed E-state index contributed by atoms with van der Waals surface area (Å²) in [5.41, 5.74) is 0. The molecule has 0 fully saturated rings. The lowest BCUT2D eigenvalue weighted by molar-refractivity contribution is 0.183. The molecular formula is C12H22NO4P. The van der Waals surface area contributed by atoms with Gasteiger partial charge in [-0.15, -0.1) is 0 Å². The van der Waals surface area contributed by atoms with Crippen LogP contribution in [0.4, 0.5) is 0 Å². The molecule has 0 saturated carbocycles. The van der Waals surface area contributed by atoms with Crippen molar-refractivity contribution in [2.45, 2.75) is 58.7 Å². The first kappa shape index (κ1) is 15.4. The fourth-order valence-electron chi connectivity index (χ4n) is 1.45. The highest BCUT2D eigenvalue weighted by atomic mass is 31.2. The van der Waals surface area contributed by atoms with Gasteiger partial charge in [-0.2, -0.15) is 0 Å². The number of aromatic nitrogens is 1. The molecule has 0 spiro atoms. The molecule has 18 heavy (non-hydrogen) atoms. The van der Waals surface area contributed by atoms with Crippen molar-refractivity contribution >= 4 is 7.60 Å². The zero-order valence-electron chi connectivity index (χ0n) is 11.3. The number of rotatable bonds is 8. The van der Waals surface area contributed by atoms with Gasteiger partial charge in [0, 0.05) is 6.42 Å². The number of unbranched alkanes of at least 4 members (excludes halogenated alkanes) is 1. The quantitative estimate of drug-likeness (QED) is 0.735. The van der Waals surface area contributed by atoms with Gasteiger partial charge in [-0.25, -0.2) is 4.98 Å². The average Bonchev–Trinajstić information content (AvgIpc) is 2.72. The van der Waals surface area contributed by atoms with Crippen LogP contribution in [0.25, 0.3) is 0 Å². The minimum Gasteiger partial charge on any atom is -0.445 e. The first-order valence-corrected chi connectivity index (χ1v) is 8.17. The Labute approximate surface area is 108 Å². The van der Waals surface area contributed by atoms with Crippen LogP contribution in [0.3, 0.4) is 0 Å². The summed E-state index contributed by atoms with van der Waals surface area (Å²) in [6.07, 6.45) is 4.82. The Bertz CT molecular complexity index is 405. The molecule has 1 aromatic rings. The van der Waals surface area contributed by atoms with Gasteiger partial charge in [0.15, 0.2) is 0 Å². The Kier molecular flexibility index (Phi) is 6.06. The summed E-state index contributed by atoms with van der Waals surface area (Å²) >= 11 is 0.